The zero-order valence-corrected chi connectivity index (χ0v) is 27.5. The van der Waals surface area contributed by atoms with Crippen molar-refractivity contribution in [1.29, 1.82) is 0 Å². The van der Waals surface area contributed by atoms with Gasteiger partial charge in [0.25, 0.3) is 0 Å². The van der Waals surface area contributed by atoms with E-state index in [1.54, 1.807) is 11.1 Å². The number of aromatic nitrogens is 4. The van der Waals surface area contributed by atoms with Crippen molar-refractivity contribution in [3.63, 3.8) is 0 Å². The molecule has 1 fully saturated rings. The van der Waals surface area contributed by atoms with Gasteiger partial charge in [-0.2, -0.15) is 0 Å². The zero-order valence-electron chi connectivity index (χ0n) is 27.5. The Morgan fingerprint density at radius 2 is 1.57 bits per heavy atom. The normalized spacial score (nSPS) is 15.1. The van der Waals surface area contributed by atoms with Crippen molar-refractivity contribution >= 4 is 17.9 Å². The molecular formula is C35H44N8O4. The van der Waals surface area contributed by atoms with E-state index in [2.05, 4.69) is 66.4 Å². The number of ether oxygens (including phenoxy) is 1. The van der Waals surface area contributed by atoms with Gasteiger partial charge in [-0.15, -0.1) is 0 Å². The number of rotatable bonds is 12. The number of carbonyl (C=O) groups is 3. The molecule has 1 saturated heterocycles. The number of methoxy groups -OCH3 is 1. The van der Waals surface area contributed by atoms with Crippen LogP contribution in [0.3, 0.4) is 0 Å². The van der Waals surface area contributed by atoms with Gasteiger partial charge in [0.05, 0.1) is 49.5 Å². The molecule has 3 amide bonds. The first-order valence-corrected chi connectivity index (χ1v) is 16.1. The van der Waals surface area contributed by atoms with Crippen LogP contribution >= 0.6 is 0 Å². The second-order valence-electron chi connectivity index (χ2n) is 12.2. The Labute approximate surface area is 275 Å². The topological polar surface area (TPSA) is 162 Å². The molecule has 5 rings (SSSR count). The van der Waals surface area contributed by atoms with Crippen LogP contribution in [0.4, 0.5) is 4.79 Å². The van der Waals surface area contributed by atoms with Crippen LogP contribution in [0.2, 0.25) is 0 Å². The molecule has 5 N–H and O–H groups in total. The predicted molar refractivity (Wildman–Crippen MR) is 180 cm³/mol. The number of hydrogen-bond acceptors (Lipinski definition) is 7. The number of carbonyl (C=O) groups excluding carboxylic acids is 3. The van der Waals surface area contributed by atoms with Gasteiger partial charge in [-0.25, -0.2) is 14.8 Å². The fourth-order valence-corrected chi connectivity index (χ4v) is 5.79. The van der Waals surface area contributed by atoms with E-state index in [0.717, 1.165) is 58.7 Å². The van der Waals surface area contributed by atoms with Gasteiger partial charge in [0.1, 0.15) is 18.2 Å². The van der Waals surface area contributed by atoms with Crippen LogP contribution in [0.15, 0.2) is 60.9 Å². The standard InChI is InChI=1S/C35H44N8O4/c1-5-16-42(31(44)20-39-35(46)47-4)21-30-37-18-27(40-30)25-12-8-23(9-13-25)24-10-14-26(15-11-24)28-19-38-33(41-28)29-7-6-17-43(29)34(45)32(36)22(2)3/h8-15,18-19,22,29,32H,5-7,16-17,20-21,36H2,1-4H3,(H,37,40)(H,38,41)(H,39,46). The third-order valence-corrected chi connectivity index (χ3v) is 8.56. The number of nitrogens with zero attached hydrogens (tertiary/aromatic N) is 4. The van der Waals surface area contributed by atoms with Crippen molar-refractivity contribution in [1.82, 2.24) is 35.1 Å². The molecule has 2 atom stereocenters. The quantitative estimate of drug-likeness (QED) is 0.172. The van der Waals surface area contributed by atoms with Crippen LogP contribution in [0.1, 0.15) is 57.7 Å². The van der Waals surface area contributed by atoms with Gasteiger partial charge in [0, 0.05) is 13.1 Å². The predicted octanol–water partition coefficient (Wildman–Crippen LogP) is 4.88. The molecule has 12 heteroatoms. The van der Waals surface area contributed by atoms with Crippen molar-refractivity contribution in [2.24, 2.45) is 11.7 Å². The van der Waals surface area contributed by atoms with Crippen LogP contribution < -0.4 is 11.1 Å². The fraction of sp³-hybridized carbons (Fsp3) is 0.400. The summed E-state index contributed by atoms with van der Waals surface area (Å²) in [6.45, 7) is 7.34. The van der Waals surface area contributed by atoms with E-state index < -0.39 is 12.1 Å². The summed E-state index contributed by atoms with van der Waals surface area (Å²) in [7, 11) is 1.26. The second-order valence-corrected chi connectivity index (χ2v) is 12.2. The van der Waals surface area contributed by atoms with Crippen molar-refractivity contribution in [3.8, 4) is 33.6 Å². The summed E-state index contributed by atoms with van der Waals surface area (Å²) < 4.78 is 4.55. The maximum atomic E-state index is 13.0. The van der Waals surface area contributed by atoms with Gasteiger partial charge in [-0.05, 0) is 47.4 Å². The summed E-state index contributed by atoms with van der Waals surface area (Å²) in [6, 6.07) is 15.9. The molecule has 47 heavy (non-hydrogen) atoms. The van der Waals surface area contributed by atoms with Crippen molar-refractivity contribution in [3.05, 3.63) is 72.6 Å². The average molecular weight is 641 g/mol. The summed E-state index contributed by atoms with van der Waals surface area (Å²) in [5.74, 6) is 1.31. The van der Waals surface area contributed by atoms with Crippen molar-refractivity contribution in [2.45, 2.75) is 58.7 Å². The molecule has 4 aromatic rings. The first-order chi connectivity index (χ1) is 22.7. The lowest BCUT2D eigenvalue weighted by Crippen LogP contribution is -2.46. The lowest BCUT2D eigenvalue weighted by atomic mass is 10.0. The maximum absolute atomic E-state index is 13.0. The Hall–Kier alpha value is -4.97. The van der Waals surface area contributed by atoms with Crippen LogP contribution in [0.5, 0.6) is 0 Å². The van der Waals surface area contributed by atoms with Crippen LogP contribution in [-0.4, -0.2) is 80.4 Å². The Kier molecular flexibility index (Phi) is 10.7. The van der Waals surface area contributed by atoms with E-state index in [1.807, 2.05) is 44.0 Å². The highest BCUT2D eigenvalue weighted by molar-refractivity contribution is 5.83. The Morgan fingerprint density at radius 3 is 2.17 bits per heavy atom. The summed E-state index contributed by atoms with van der Waals surface area (Å²) >= 11 is 0. The highest BCUT2D eigenvalue weighted by Gasteiger charge is 2.35. The van der Waals surface area contributed by atoms with E-state index in [-0.39, 0.29) is 30.3 Å². The number of likely N-dealkylation sites (tertiary alicyclic amines) is 1. The third kappa shape index (κ3) is 7.89. The van der Waals surface area contributed by atoms with Gasteiger partial charge in [-0.3, -0.25) is 9.59 Å². The minimum Gasteiger partial charge on any atom is -0.453 e. The number of alkyl carbamates (subject to hydrolysis) is 1. The maximum Gasteiger partial charge on any atom is 0.407 e. The molecule has 0 radical (unpaired) electrons. The monoisotopic (exact) mass is 640 g/mol. The van der Waals surface area contributed by atoms with Crippen molar-refractivity contribution < 1.29 is 19.1 Å². The molecular weight excluding hydrogens is 596 g/mol. The van der Waals surface area contributed by atoms with Crippen LogP contribution in [0.25, 0.3) is 33.6 Å². The van der Waals surface area contributed by atoms with Crippen LogP contribution in [-0.2, 0) is 20.9 Å². The first kappa shape index (κ1) is 33.4. The zero-order chi connectivity index (χ0) is 33.5. The average Bonchev–Trinajstić information content (AvgIpc) is 3.88. The van der Waals surface area contributed by atoms with Gasteiger partial charge in [0.15, 0.2) is 0 Å². The molecule has 12 nitrogen and oxygen atoms in total. The Balaban J connectivity index is 1.22. The highest BCUT2D eigenvalue weighted by Crippen LogP contribution is 2.33. The molecule has 3 heterocycles. The molecule has 2 aromatic carbocycles. The highest BCUT2D eigenvalue weighted by atomic mass is 16.5. The smallest absolute Gasteiger partial charge is 0.407 e. The van der Waals surface area contributed by atoms with Gasteiger partial charge >= 0.3 is 6.09 Å². The number of hydrogen-bond donors (Lipinski definition) is 4. The number of imidazole rings is 2. The van der Waals surface area contributed by atoms with E-state index >= 15 is 0 Å². The molecule has 0 saturated carbocycles. The lowest BCUT2D eigenvalue weighted by Gasteiger charge is -2.27. The molecule has 0 spiro atoms. The van der Waals surface area contributed by atoms with E-state index in [4.69, 9.17) is 5.73 Å². The lowest BCUT2D eigenvalue weighted by molar-refractivity contribution is -0.134. The van der Waals surface area contributed by atoms with Gasteiger partial charge in [0.2, 0.25) is 11.8 Å². The number of aromatic amines is 2. The van der Waals surface area contributed by atoms with Crippen molar-refractivity contribution in [2.75, 3.05) is 26.7 Å². The Morgan fingerprint density at radius 1 is 0.979 bits per heavy atom. The first-order valence-electron chi connectivity index (χ1n) is 16.1. The molecule has 2 unspecified atom stereocenters. The number of nitrogens with two attached hydrogens (primary N) is 1. The number of H-pyrrole nitrogens is 2. The second kappa shape index (κ2) is 15.1. The molecule has 0 bridgehead atoms. The van der Waals surface area contributed by atoms with E-state index in [1.165, 1.54) is 7.11 Å². The van der Waals surface area contributed by atoms with Crippen LogP contribution in [0, 0.1) is 5.92 Å². The molecule has 248 valence electrons. The summed E-state index contributed by atoms with van der Waals surface area (Å²) in [6.07, 6.45) is 5.53. The van der Waals surface area contributed by atoms with E-state index in [9.17, 15) is 14.4 Å². The van der Waals surface area contributed by atoms with Gasteiger partial charge in [-0.1, -0.05) is 69.3 Å². The number of benzene rings is 2. The SMILES string of the molecule is CCCN(Cc1ncc(-c2ccc(-c3ccc(-c4cnc(C5CCCN5C(=O)C(N)C(C)C)[nH]4)cc3)cc2)[nH]1)C(=O)CNC(=O)OC. The number of amides is 3. The summed E-state index contributed by atoms with van der Waals surface area (Å²) in [5.41, 5.74) is 12.1. The Bertz CT molecular complexity index is 1660. The third-order valence-electron chi connectivity index (χ3n) is 8.56. The molecule has 0 aliphatic carbocycles. The summed E-state index contributed by atoms with van der Waals surface area (Å²) in [5, 5.41) is 2.44. The largest absolute Gasteiger partial charge is 0.453 e. The number of nitrogens with one attached hydrogen (secondary N) is 3. The molecule has 2 aromatic heterocycles. The van der Waals surface area contributed by atoms with E-state index in [0.29, 0.717) is 25.5 Å². The summed E-state index contributed by atoms with van der Waals surface area (Å²) in [4.78, 5) is 56.4. The van der Waals surface area contributed by atoms with Gasteiger partial charge < -0.3 is 35.6 Å². The fourth-order valence-electron chi connectivity index (χ4n) is 5.79. The minimum absolute atomic E-state index is 0.0132. The molecule has 1 aliphatic rings. The minimum atomic E-state index is -0.643. The molecule has 1 aliphatic heterocycles.